The first kappa shape index (κ1) is 21.6. The molecule has 0 radical (unpaired) electrons. The van der Waals surface area contributed by atoms with E-state index in [1.54, 1.807) is 31.4 Å². The molecule has 0 saturated carbocycles. The zero-order valence-electron chi connectivity index (χ0n) is 16.3. The van der Waals surface area contributed by atoms with Crippen LogP contribution in [0.3, 0.4) is 0 Å². The third-order valence-corrected chi connectivity index (χ3v) is 5.62. The summed E-state index contributed by atoms with van der Waals surface area (Å²) in [6.07, 6.45) is -0.119. The van der Waals surface area contributed by atoms with Crippen molar-refractivity contribution in [2.45, 2.75) is 19.1 Å². The van der Waals surface area contributed by atoms with E-state index in [4.69, 9.17) is 39.5 Å². The topological polar surface area (TPSA) is 85.2 Å². The van der Waals surface area contributed by atoms with Gasteiger partial charge in [-0.3, -0.25) is 9.59 Å². The lowest BCUT2D eigenvalue weighted by Crippen LogP contribution is -2.24. The quantitative estimate of drug-likeness (QED) is 0.510. The van der Waals surface area contributed by atoms with E-state index in [0.29, 0.717) is 32.3 Å². The SMILES string of the molecule is COCc1nn2c(c1-c1ccc(Cl)cc1)NC(=O)C2CC(=O)Nc1ccc(Cl)cc1Cl. The number of hydrogen-bond acceptors (Lipinski definition) is 4. The summed E-state index contributed by atoms with van der Waals surface area (Å²) in [5.41, 5.74) is 2.62. The van der Waals surface area contributed by atoms with E-state index in [1.807, 2.05) is 12.1 Å². The summed E-state index contributed by atoms with van der Waals surface area (Å²) in [5, 5.41) is 11.5. The molecule has 0 saturated heterocycles. The second-order valence-electron chi connectivity index (χ2n) is 6.94. The minimum atomic E-state index is -0.808. The van der Waals surface area contributed by atoms with Crippen molar-refractivity contribution >= 4 is 58.1 Å². The molecule has 10 heteroatoms. The maximum Gasteiger partial charge on any atom is 0.251 e. The zero-order valence-corrected chi connectivity index (χ0v) is 18.6. The molecule has 3 aromatic rings. The van der Waals surface area contributed by atoms with Crippen LogP contribution in [-0.2, 0) is 20.9 Å². The maximum absolute atomic E-state index is 12.7. The Morgan fingerprint density at radius 2 is 1.87 bits per heavy atom. The Labute approximate surface area is 193 Å². The van der Waals surface area contributed by atoms with Gasteiger partial charge in [0.1, 0.15) is 11.9 Å². The summed E-state index contributed by atoms with van der Waals surface area (Å²) in [6, 6.07) is 11.1. The summed E-state index contributed by atoms with van der Waals surface area (Å²) >= 11 is 18.0. The first-order valence-corrected chi connectivity index (χ1v) is 10.4. The number of aromatic nitrogens is 2. The molecule has 1 aromatic heterocycles. The smallest absolute Gasteiger partial charge is 0.251 e. The van der Waals surface area contributed by atoms with Crippen LogP contribution < -0.4 is 10.6 Å². The minimum Gasteiger partial charge on any atom is -0.378 e. The van der Waals surface area contributed by atoms with Gasteiger partial charge in [-0.2, -0.15) is 5.10 Å². The number of nitrogens with one attached hydrogen (secondary N) is 2. The number of amides is 2. The predicted octanol–water partition coefficient (Wildman–Crippen LogP) is 5.18. The molecule has 2 amide bonds. The van der Waals surface area contributed by atoms with E-state index < -0.39 is 6.04 Å². The van der Waals surface area contributed by atoms with Crippen molar-refractivity contribution < 1.29 is 14.3 Å². The van der Waals surface area contributed by atoms with Crippen LogP contribution in [0.25, 0.3) is 11.1 Å². The van der Waals surface area contributed by atoms with E-state index in [-0.39, 0.29) is 24.8 Å². The highest BCUT2D eigenvalue weighted by Gasteiger charge is 2.37. The number of carbonyl (C=O) groups is 2. The number of nitrogens with zero attached hydrogens (tertiary/aromatic N) is 2. The molecular weight excluding hydrogens is 463 g/mol. The average molecular weight is 480 g/mol. The van der Waals surface area contributed by atoms with E-state index in [0.717, 1.165) is 11.1 Å². The van der Waals surface area contributed by atoms with Crippen molar-refractivity contribution in [2.75, 3.05) is 17.7 Å². The van der Waals surface area contributed by atoms with E-state index >= 15 is 0 Å². The number of halogens is 3. The van der Waals surface area contributed by atoms with Crippen molar-refractivity contribution in [2.24, 2.45) is 0 Å². The maximum atomic E-state index is 12.7. The first-order valence-electron chi connectivity index (χ1n) is 9.29. The minimum absolute atomic E-state index is 0.119. The van der Waals surface area contributed by atoms with Crippen molar-refractivity contribution in [3.63, 3.8) is 0 Å². The molecule has 2 N–H and O–H groups in total. The van der Waals surface area contributed by atoms with Crippen LogP contribution in [-0.4, -0.2) is 28.7 Å². The summed E-state index contributed by atoms with van der Waals surface area (Å²) in [6.45, 7) is 0.243. The molecule has 1 aliphatic heterocycles. The lowest BCUT2D eigenvalue weighted by atomic mass is 10.1. The van der Waals surface area contributed by atoms with Gasteiger partial charge in [0.25, 0.3) is 5.91 Å². The fraction of sp³-hybridized carbons (Fsp3) is 0.190. The Morgan fingerprint density at radius 3 is 2.55 bits per heavy atom. The number of hydrogen-bond donors (Lipinski definition) is 2. The lowest BCUT2D eigenvalue weighted by Gasteiger charge is -2.11. The molecule has 7 nitrogen and oxygen atoms in total. The fourth-order valence-electron chi connectivity index (χ4n) is 3.44. The highest BCUT2D eigenvalue weighted by Crippen LogP contribution is 2.39. The normalized spacial score (nSPS) is 15.0. The zero-order chi connectivity index (χ0) is 22.1. The number of carbonyl (C=O) groups excluding carboxylic acids is 2. The molecule has 0 bridgehead atoms. The summed E-state index contributed by atoms with van der Waals surface area (Å²) in [4.78, 5) is 25.3. The molecule has 1 atom stereocenters. The third kappa shape index (κ3) is 4.41. The van der Waals surface area contributed by atoms with Crippen LogP contribution in [0.2, 0.25) is 15.1 Å². The van der Waals surface area contributed by atoms with Gasteiger partial charge in [0.2, 0.25) is 5.91 Å². The Hall–Kier alpha value is -2.58. The van der Waals surface area contributed by atoms with E-state index in [2.05, 4.69) is 15.7 Å². The van der Waals surface area contributed by atoms with Gasteiger partial charge in [0.15, 0.2) is 0 Å². The molecule has 0 spiro atoms. The standard InChI is InChI=1S/C21H17Cl3N4O3/c1-31-10-16-19(11-2-4-12(22)5-3-11)20-26-21(30)17(28(20)27-16)9-18(29)25-15-7-6-13(23)8-14(15)24/h2-8,17H,9-10H2,1H3,(H,25,29)(H,26,30). The van der Waals surface area contributed by atoms with Crippen LogP contribution in [0, 0.1) is 0 Å². The summed E-state index contributed by atoms with van der Waals surface area (Å²) in [7, 11) is 1.56. The van der Waals surface area contributed by atoms with Gasteiger partial charge in [-0.05, 0) is 35.9 Å². The van der Waals surface area contributed by atoms with Gasteiger partial charge in [-0.15, -0.1) is 0 Å². The molecule has 31 heavy (non-hydrogen) atoms. The largest absolute Gasteiger partial charge is 0.378 e. The van der Waals surface area contributed by atoms with Crippen molar-refractivity contribution in [1.82, 2.24) is 9.78 Å². The molecule has 1 unspecified atom stereocenters. The first-order chi connectivity index (χ1) is 14.9. The Kier molecular flexibility index (Phi) is 6.20. The average Bonchev–Trinajstić information content (AvgIpc) is 3.20. The van der Waals surface area contributed by atoms with Crippen molar-refractivity contribution in [3.05, 3.63) is 63.2 Å². The molecule has 4 rings (SSSR count). The monoisotopic (exact) mass is 478 g/mol. The van der Waals surface area contributed by atoms with Crippen LogP contribution in [0.1, 0.15) is 18.2 Å². The van der Waals surface area contributed by atoms with Crippen LogP contribution >= 0.6 is 34.8 Å². The second-order valence-corrected chi connectivity index (χ2v) is 8.22. The lowest BCUT2D eigenvalue weighted by molar-refractivity contribution is -0.123. The number of rotatable bonds is 6. The van der Waals surface area contributed by atoms with Gasteiger partial charge in [-0.25, -0.2) is 4.68 Å². The predicted molar refractivity (Wildman–Crippen MR) is 121 cm³/mol. The Bertz CT molecular complexity index is 1160. The molecular formula is C21H17Cl3N4O3. The highest BCUT2D eigenvalue weighted by atomic mass is 35.5. The number of methoxy groups -OCH3 is 1. The van der Waals surface area contributed by atoms with E-state index in [1.165, 1.54) is 10.7 Å². The molecule has 1 aliphatic rings. The van der Waals surface area contributed by atoms with Gasteiger partial charge in [0.05, 0.1) is 29.4 Å². The Morgan fingerprint density at radius 1 is 1.16 bits per heavy atom. The number of benzene rings is 2. The van der Waals surface area contributed by atoms with Crippen LogP contribution in [0.5, 0.6) is 0 Å². The number of fused-ring (bicyclic) bond motifs is 1. The van der Waals surface area contributed by atoms with Crippen molar-refractivity contribution in [3.8, 4) is 11.1 Å². The fourth-order valence-corrected chi connectivity index (χ4v) is 4.02. The molecule has 2 aromatic carbocycles. The summed E-state index contributed by atoms with van der Waals surface area (Å²) in [5.74, 6) is -0.185. The highest BCUT2D eigenvalue weighted by molar-refractivity contribution is 6.36. The molecule has 0 aliphatic carbocycles. The number of anilines is 2. The molecule has 160 valence electrons. The molecule has 0 fully saturated rings. The van der Waals surface area contributed by atoms with E-state index in [9.17, 15) is 9.59 Å². The van der Waals surface area contributed by atoms with Gasteiger partial charge in [-0.1, -0.05) is 46.9 Å². The number of ether oxygens (including phenoxy) is 1. The summed E-state index contributed by atoms with van der Waals surface area (Å²) < 4.78 is 6.81. The van der Waals surface area contributed by atoms with Crippen LogP contribution in [0.4, 0.5) is 11.5 Å². The third-order valence-electron chi connectivity index (χ3n) is 4.82. The van der Waals surface area contributed by atoms with Crippen LogP contribution in [0.15, 0.2) is 42.5 Å². The van der Waals surface area contributed by atoms with Gasteiger partial charge < -0.3 is 15.4 Å². The van der Waals surface area contributed by atoms with Gasteiger partial charge in [0, 0.05) is 22.7 Å². The second kappa shape index (κ2) is 8.88. The molecule has 2 heterocycles. The van der Waals surface area contributed by atoms with Gasteiger partial charge >= 0.3 is 0 Å². The van der Waals surface area contributed by atoms with Crippen molar-refractivity contribution in [1.29, 1.82) is 0 Å². The Balaban J connectivity index is 1.62.